The molecule has 2 aromatic heterocycles. The molecule has 1 aliphatic carbocycles. The first kappa shape index (κ1) is 12.5. The summed E-state index contributed by atoms with van der Waals surface area (Å²) in [6, 6.07) is 0. The average molecular weight is 280 g/mol. The number of nitrogens with one attached hydrogen (secondary N) is 1. The summed E-state index contributed by atoms with van der Waals surface area (Å²) in [5.41, 5.74) is 1.04. The van der Waals surface area contributed by atoms with Gasteiger partial charge in [0.15, 0.2) is 0 Å². The lowest BCUT2D eigenvalue weighted by atomic mass is 10.0. The average Bonchev–Trinajstić information content (AvgIpc) is 2.82. The van der Waals surface area contributed by atoms with Crippen molar-refractivity contribution in [2.75, 3.05) is 13.1 Å². The first-order valence-corrected chi connectivity index (χ1v) is 6.18. The molecule has 1 spiro atoms. The van der Waals surface area contributed by atoms with E-state index in [0.29, 0.717) is 22.9 Å². The third-order valence-corrected chi connectivity index (χ3v) is 4.00. The SMILES string of the molecule is Cl.c1cnc(-c2noc(C3CC34CCNC4)n2)cn1. The van der Waals surface area contributed by atoms with Crippen LogP contribution < -0.4 is 5.32 Å². The van der Waals surface area contributed by atoms with Crippen molar-refractivity contribution in [1.82, 2.24) is 25.4 Å². The van der Waals surface area contributed by atoms with Gasteiger partial charge in [-0.3, -0.25) is 4.98 Å². The van der Waals surface area contributed by atoms with Crippen molar-refractivity contribution >= 4 is 12.4 Å². The van der Waals surface area contributed by atoms with Crippen LogP contribution in [-0.4, -0.2) is 33.2 Å². The van der Waals surface area contributed by atoms with Crippen LogP contribution in [0, 0.1) is 5.41 Å². The Balaban J connectivity index is 0.00000110. The second kappa shape index (κ2) is 4.54. The molecule has 2 fully saturated rings. The molecular formula is C12H14ClN5O. The summed E-state index contributed by atoms with van der Waals surface area (Å²) in [7, 11) is 0. The van der Waals surface area contributed by atoms with Gasteiger partial charge in [0.25, 0.3) is 0 Å². The van der Waals surface area contributed by atoms with Crippen molar-refractivity contribution in [2.24, 2.45) is 5.41 Å². The van der Waals surface area contributed by atoms with Crippen LogP contribution in [0.1, 0.15) is 24.7 Å². The van der Waals surface area contributed by atoms with Gasteiger partial charge < -0.3 is 9.84 Å². The summed E-state index contributed by atoms with van der Waals surface area (Å²) in [4.78, 5) is 12.6. The molecule has 2 atom stereocenters. The molecule has 19 heavy (non-hydrogen) atoms. The van der Waals surface area contributed by atoms with Gasteiger partial charge in [-0.05, 0) is 24.8 Å². The van der Waals surface area contributed by atoms with Crippen LogP contribution in [-0.2, 0) is 0 Å². The fourth-order valence-electron chi connectivity index (χ4n) is 2.83. The highest BCUT2D eigenvalue weighted by Crippen LogP contribution is 2.62. The van der Waals surface area contributed by atoms with Crippen molar-refractivity contribution in [2.45, 2.75) is 18.8 Å². The molecule has 2 aromatic rings. The number of halogens is 1. The molecule has 3 heterocycles. The maximum Gasteiger partial charge on any atom is 0.230 e. The third-order valence-electron chi connectivity index (χ3n) is 4.00. The van der Waals surface area contributed by atoms with Crippen LogP contribution in [0.15, 0.2) is 23.1 Å². The van der Waals surface area contributed by atoms with E-state index >= 15 is 0 Å². The van der Waals surface area contributed by atoms with Gasteiger partial charge in [-0.15, -0.1) is 12.4 Å². The molecule has 4 rings (SSSR count). The van der Waals surface area contributed by atoms with Crippen molar-refractivity contribution in [3.63, 3.8) is 0 Å². The molecule has 1 saturated carbocycles. The summed E-state index contributed by atoms with van der Waals surface area (Å²) in [6.07, 6.45) is 7.27. The van der Waals surface area contributed by atoms with Gasteiger partial charge in [-0.25, -0.2) is 4.98 Å². The maximum absolute atomic E-state index is 5.37. The van der Waals surface area contributed by atoms with Gasteiger partial charge in [0.1, 0.15) is 5.69 Å². The van der Waals surface area contributed by atoms with Crippen LogP contribution in [0.3, 0.4) is 0 Å². The summed E-state index contributed by atoms with van der Waals surface area (Å²) >= 11 is 0. The minimum atomic E-state index is 0. The molecule has 1 saturated heterocycles. The van der Waals surface area contributed by atoms with E-state index in [1.165, 1.54) is 6.42 Å². The summed E-state index contributed by atoms with van der Waals surface area (Å²) < 4.78 is 5.37. The fourth-order valence-corrected chi connectivity index (χ4v) is 2.83. The zero-order chi connectivity index (χ0) is 12.0. The Hall–Kier alpha value is -1.53. The lowest BCUT2D eigenvalue weighted by Crippen LogP contribution is -2.10. The molecule has 7 heteroatoms. The minimum Gasteiger partial charge on any atom is -0.339 e. The molecule has 6 nitrogen and oxygen atoms in total. The molecule has 0 bridgehead atoms. The van der Waals surface area contributed by atoms with E-state index in [4.69, 9.17) is 4.52 Å². The largest absolute Gasteiger partial charge is 0.339 e. The molecule has 2 unspecified atom stereocenters. The van der Waals surface area contributed by atoms with Gasteiger partial charge in [-0.1, -0.05) is 5.16 Å². The summed E-state index contributed by atoms with van der Waals surface area (Å²) in [5, 5.41) is 7.39. The number of rotatable bonds is 2. The highest BCUT2D eigenvalue weighted by atomic mass is 35.5. The molecule has 1 aliphatic heterocycles. The number of nitrogens with zero attached hydrogens (tertiary/aromatic N) is 4. The van der Waals surface area contributed by atoms with E-state index < -0.39 is 0 Å². The number of hydrogen-bond acceptors (Lipinski definition) is 6. The number of aromatic nitrogens is 4. The van der Waals surface area contributed by atoms with Crippen LogP contribution in [0.25, 0.3) is 11.5 Å². The molecular weight excluding hydrogens is 266 g/mol. The Morgan fingerprint density at radius 3 is 3.05 bits per heavy atom. The summed E-state index contributed by atoms with van der Waals surface area (Å²) in [6.45, 7) is 2.17. The lowest BCUT2D eigenvalue weighted by molar-refractivity contribution is 0.364. The second-order valence-electron chi connectivity index (χ2n) is 5.09. The van der Waals surface area contributed by atoms with Gasteiger partial charge in [0.2, 0.25) is 11.7 Å². The quantitative estimate of drug-likeness (QED) is 0.896. The first-order chi connectivity index (χ1) is 8.87. The second-order valence-corrected chi connectivity index (χ2v) is 5.09. The molecule has 0 aromatic carbocycles. The van der Waals surface area contributed by atoms with Gasteiger partial charge in [0, 0.05) is 24.9 Å². The van der Waals surface area contributed by atoms with Crippen molar-refractivity contribution < 1.29 is 4.52 Å². The zero-order valence-electron chi connectivity index (χ0n) is 10.2. The Morgan fingerprint density at radius 2 is 2.32 bits per heavy atom. The first-order valence-electron chi connectivity index (χ1n) is 6.18. The fraction of sp³-hybridized carbons (Fsp3) is 0.500. The van der Waals surface area contributed by atoms with Gasteiger partial charge >= 0.3 is 0 Å². The molecule has 1 N–H and O–H groups in total. The minimum absolute atomic E-state index is 0. The van der Waals surface area contributed by atoms with Gasteiger partial charge in [-0.2, -0.15) is 4.98 Å². The lowest BCUT2D eigenvalue weighted by Gasteiger charge is -2.02. The normalized spacial score (nSPS) is 28.3. The Labute approximate surface area is 116 Å². The van der Waals surface area contributed by atoms with Crippen LogP contribution >= 0.6 is 12.4 Å². The molecule has 2 aliphatic rings. The third kappa shape index (κ3) is 2.01. The van der Waals surface area contributed by atoms with Gasteiger partial charge in [0.05, 0.1) is 6.20 Å². The molecule has 0 radical (unpaired) electrons. The van der Waals surface area contributed by atoms with E-state index in [1.807, 2.05) is 0 Å². The van der Waals surface area contributed by atoms with Crippen molar-refractivity contribution in [1.29, 1.82) is 0 Å². The van der Waals surface area contributed by atoms with E-state index in [1.54, 1.807) is 18.6 Å². The summed E-state index contributed by atoms with van der Waals surface area (Å²) in [5.74, 6) is 1.70. The van der Waals surface area contributed by atoms with E-state index in [0.717, 1.165) is 25.4 Å². The molecule has 100 valence electrons. The topological polar surface area (TPSA) is 76.7 Å². The smallest absolute Gasteiger partial charge is 0.230 e. The Kier molecular flexibility index (Phi) is 2.99. The van der Waals surface area contributed by atoms with E-state index in [2.05, 4.69) is 25.4 Å². The zero-order valence-corrected chi connectivity index (χ0v) is 11.1. The van der Waals surface area contributed by atoms with Crippen molar-refractivity contribution in [3.8, 4) is 11.5 Å². The van der Waals surface area contributed by atoms with E-state index in [-0.39, 0.29) is 12.4 Å². The molecule has 0 amide bonds. The monoisotopic (exact) mass is 279 g/mol. The van der Waals surface area contributed by atoms with Crippen molar-refractivity contribution in [3.05, 3.63) is 24.5 Å². The van der Waals surface area contributed by atoms with E-state index in [9.17, 15) is 0 Å². The van der Waals surface area contributed by atoms with Crippen LogP contribution in [0.5, 0.6) is 0 Å². The van der Waals surface area contributed by atoms with Crippen LogP contribution in [0.4, 0.5) is 0 Å². The Bertz CT molecular complexity index is 567. The van der Waals surface area contributed by atoms with Crippen LogP contribution in [0.2, 0.25) is 0 Å². The number of hydrogen-bond donors (Lipinski definition) is 1. The maximum atomic E-state index is 5.37. The Morgan fingerprint density at radius 1 is 1.37 bits per heavy atom. The predicted octanol–water partition coefficient (Wildman–Crippen LogP) is 1.42. The highest BCUT2D eigenvalue weighted by Gasteiger charge is 2.58. The standard InChI is InChI=1S/C12H13N5O.ClH/c1-2-14-7-12(1)5-8(12)11-16-10(17-18-11)9-6-13-3-4-15-9;/h3-4,6,8,14H,1-2,5,7H2;1H. The predicted molar refractivity (Wildman–Crippen MR) is 69.8 cm³/mol. The highest BCUT2D eigenvalue weighted by molar-refractivity contribution is 5.85.